The van der Waals surface area contributed by atoms with Crippen LogP contribution in [0.1, 0.15) is 30.1 Å². The van der Waals surface area contributed by atoms with Crippen molar-refractivity contribution in [3.8, 4) is 0 Å². The fraction of sp³-hybridized carbons (Fsp3) is 0.333. The Balaban J connectivity index is 1.55. The summed E-state index contributed by atoms with van der Waals surface area (Å²) in [4.78, 5) is 26.6. The molecule has 5 heteroatoms. The first-order chi connectivity index (χ1) is 12.6. The minimum absolute atomic E-state index is 0.0642. The average molecular weight is 351 g/mol. The zero-order valence-electron chi connectivity index (χ0n) is 15.1. The number of carbonyl (C=O) groups excluding carboxylic acids is 2. The van der Waals surface area contributed by atoms with Crippen molar-refractivity contribution in [1.29, 1.82) is 0 Å². The number of amides is 2. The molecule has 0 unspecified atom stereocenters. The lowest BCUT2D eigenvalue weighted by molar-refractivity contribution is -0.114. The van der Waals surface area contributed by atoms with E-state index in [1.807, 2.05) is 59.5 Å². The summed E-state index contributed by atoms with van der Waals surface area (Å²) in [6.07, 6.45) is 2.12. The first-order valence-electron chi connectivity index (χ1n) is 9.10. The van der Waals surface area contributed by atoms with Gasteiger partial charge in [0.15, 0.2) is 0 Å². The van der Waals surface area contributed by atoms with Gasteiger partial charge in [-0.1, -0.05) is 31.2 Å². The standard InChI is InChI=1S/C21H25N3O2/c1-16-10-12-24(13-11-16)21(26)17-6-5-9-19(14-17)22-15-20(25)23-18-7-3-2-4-8-18/h2-9,14,16,22H,10-13,15H2,1H3,(H,23,25). The largest absolute Gasteiger partial charge is 0.376 e. The van der Waals surface area contributed by atoms with Crippen LogP contribution in [-0.4, -0.2) is 36.3 Å². The summed E-state index contributed by atoms with van der Waals surface area (Å²) < 4.78 is 0. The summed E-state index contributed by atoms with van der Waals surface area (Å²) in [7, 11) is 0. The second kappa shape index (κ2) is 8.52. The van der Waals surface area contributed by atoms with Crippen LogP contribution in [0.15, 0.2) is 54.6 Å². The Hall–Kier alpha value is -2.82. The normalized spacial score (nSPS) is 14.7. The van der Waals surface area contributed by atoms with Crippen molar-refractivity contribution >= 4 is 23.2 Å². The van der Waals surface area contributed by atoms with Crippen molar-refractivity contribution in [1.82, 2.24) is 4.90 Å². The number of nitrogens with one attached hydrogen (secondary N) is 2. The lowest BCUT2D eigenvalue weighted by atomic mass is 9.98. The smallest absolute Gasteiger partial charge is 0.253 e. The van der Waals surface area contributed by atoms with Gasteiger partial charge in [-0.25, -0.2) is 0 Å². The van der Waals surface area contributed by atoms with E-state index in [0.29, 0.717) is 11.5 Å². The van der Waals surface area contributed by atoms with E-state index in [2.05, 4.69) is 17.6 Å². The fourth-order valence-corrected chi connectivity index (χ4v) is 3.07. The number of para-hydroxylation sites is 1. The fourth-order valence-electron chi connectivity index (χ4n) is 3.07. The zero-order chi connectivity index (χ0) is 18.4. The molecule has 2 N–H and O–H groups in total. The summed E-state index contributed by atoms with van der Waals surface area (Å²) in [5, 5.41) is 5.92. The van der Waals surface area contributed by atoms with Gasteiger partial charge in [-0.05, 0) is 49.1 Å². The minimum atomic E-state index is -0.127. The predicted molar refractivity (Wildman–Crippen MR) is 104 cm³/mol. The molecule has 1 aliphatic rings. The van der Waals surface area contributed by atoms with Crippen LogP contribution in [0, 0.1) is 5.92 Å². The SMILES string of the molecule is CC1CCN(C(=O)c2cccc(NCC(=O)Nc3ccccc3)c2)CC1. The molecule has 0 aliphatic carbocycles. The van der Waals surface area contributed by atoms with Crippen molar-refractivity contribution in [3.63, 3.8) is 0 Å². The van der Waals surface area contributed by atoms with Gasteiger partial charge in [0, 0.05) is 30.0 Å². The second-order valence-electron chi connectivity index (χ2n) is 6.82. The molecular formula is C21H25N3O2. The molecule has 136 valence electrons. The van der Waals surface area contributed by atoms with E-state index in [-0.39, 0.29) is 18.4 Å². The Labute approximate surface area is 154 Å². The summed E-state index contributed by atoms with van der Waals surface area (Å²) in [6.45, 7) is 4.01. The molecule has 1 heterocycles. The molecule has 5 nitrogen and oxygen atoms in total. The average Bonchev–Trinajstić information content (AvgIpc) is 2.67. The molecule has 0 atom stereocenters. The van der Waals surface area contributed by atoms with Crippen molar-refractivity contribution in [2.24, 2.45) is 5.92 Å². The number of hydrogen-bond donors (Lipinski definition) is 2. The molecule has 0 radical (unpaired) electrons. The number of hydrogen-bond acceptors (Lipinski definition) is 3. The number of rotatable bonds is 5. The van der Waals surface area contributed by atoms with Gasteiger partial charge >= 0.3 is 0 Å². The molecule has 0 aromatic heterocycles. The summed E-state index contributed by atoms with van der Waals surface area (Å²) in [6, 6.07) is 16.7. The highest BCUT2D eigenvalue weighted by Crippen LogP contribution is 2.19. The number of carbonyl (C=O) groups is 2. The van der Waals surface area contributed by atoms with Crippen LogP contribution in [0.4, 0.5) is 11.4 Å². The van der Waals surface area contributed by atoms with Crippen LogP contribution >= 0.6 is 0 Å². The molecule has 2 aromatic carbocycles. The summed E-state index contributed by atoms with van der Waals surface area (Å²) in [5.41, 5.74) is 2.19. The molecule has 1 saturated heterocycles. The second-order valence-corrected chi connectivity index (χ2v) is 6.82. The van der Waals surface area contributed by atoms with Crippen LogP contribution < -0.4 is 10.6 Å². The highest BCUT2D eigenvalue weighted by atomic mass is 16.2. The van der Waals surface area contributed by atoms with Crippen molar-refractivity contribution < 1.29 is 9.59 Å². The molecule has 26 heavy (non-hydrogen) atoms. The first kappa shape index (κ1) is 18.0. The molecule has 0 bridgehead atoms. The molecule has 2 aromatic rings. The molecule has 2 amide bonds. The zero-order valence-corrected chi connectivity index (χ0v) is 15.1. The quantitative estimate of drug-likeness (QED) is 0.865. The lowest BCUT2D eigenvalue weighted by Crippen LogP contribution is -2.37. The van der Waals surface area contributed by atoms with Crippen LogP contribution in [0.2, 0.25) is 0 Å². The monoisotopic (exact) mass is 351 g/mol. The van der Waals surface area contributed by atoms with Crippen LogP contribution in [-0.2, 0) is 4.79 Å². The van der Waals surface area contributed by atoms with Crippen molar-refractivity contribution in [2.45, 2.75) is 19.8 Å². The van der Waals surface area contributed by atoms with E-state index in [4.69, 9.17) is 0 Å². The maximum atomic E-state index is 12.7. The molecule has 1 fully saturated rings. The number of benzene rings is 2. The Morgan fingerprint density at radius 1 is 1.00 bits per heavy atom. The van der Waals surface area contributed by atoms with Gasteiger partial charge < -0.3 is 15.5 Å². The Morgan fingerprint density at radius 3 is 2.42 bits per heavy atom. The number of likely N-dealkylation sites (tertiary alicyclic amines) is 1. The number of piperidine rings is 1. The van der Waals surface area contributed by atoms with Crippen LogP contribution in [0.5, 0.6) is 0 Å². The number of anilines is 2. The lowest BCUT2D eigenvalue weighted by Gasteiger charge is -2.30. The van der Waals surface area contributed by atoms with Crippen LogP contribution in [0.25, 0.3) is 0 Å². The predicted octanol–water partition coefficient (Wildman–Crippen LogP) is 3.61. The maximum Gasteiger partial charge on any atom is 0.253 e. The van der Waals surface area contributed by atoms with Crippen molar-refractivity contribution in [2.75, 3.05) is 30.3 Å². The van der Waals surface area contributed by atoms with Crippen LogP contribution in [0.3, 0.4) is 0 Å². The molecular weight excluding hydrogens is 326 g/mol. The summed E-state index contributed by atoms with van der Waals surface area (Å²) in [5.74, 6) is 0.627. The third-order valence-electron chi connectivity index (χ3n) is 4.69. The number of nitrogens with zero attached hydrogens (tertiary/aromatic N) is 1. The van der Waals surface area contributed by atoms with Gasteiger partial charge in [0.05, 0.1) is 6.54 Å². The van der Waals surface area contributed by atoms with E-state index in [0.717, 1.165) is 37.3 Å². The third-order valence-corrected chi connectivity index (χ3v) is 4.69. The molecule has 0 spiro atoms. The minimum Gasteiger partial charge on any atom is -0.376 e. The Bertz CT molecular complexity index is 753. The Kier molecular flexibility index (Phi) is 5.89. The van der Waals surface area contributed by atoms with Gasteiger partial charge in [0.2, 0.25) is 5.91 Å². The molecule has 3 rings (SSSR count). The van der Waals surface area contributed by atoms with Gasteiger partial charge in [0.25, 0.3) is 5.91 Å². The van der Waals surface area contributed by atoms with E-state index in [1.165, 1.54) is 0 Å². The Morgan fingerprint density at radius 2 is 1.69 bits per heavy atom. The van der Waals surface area contributed by atoms with E-state index >= 15 is 0 Å². The van der Waals surface area contributed by atoms with E-state index in [9.17, 15) is 9.59 Å². The van der Waals surface area contributed by atoms with E-state index in [1.54, 1.807) is 0 Å². The highest BCUT2D eigenvalue weighted by molar-refractivity contribution is 5.96. The summed E-state index contributed by atoms with van der Waals surface area (Å²) >= 11 is 0. The topological polar surface area (TPSA) is 61.4 Å². The van der Waals surface area contributed by atoms with Crippen molar-refractivity contribution in [3.05, 3.63) is 60.2 Å². The molecule has 0 saturated carbocycles. The third kappa shape index (κ3) is 4.85. The highest BCUT2D eigenvalue weighted by Gasteiger charge is 2.21. The van der Waals surface area contributed by atoms with Gasteiger partial charge in [0.1, 0.15) is 0 Å². The maximum absolute atomic E-state index is 12.7. The molecule has 1 aliphatic heterocycles. The van der Waals surface area contributed by atoms with Gasteiger partial charge in [-0.2, -0.15) is 0 Å². The van der Waals surface area contributed by atoms with E-state index < -0.39 is 0 Å². The van der Waals surface area contributed by atoms with Gasteiger partial charge in [-0.15, -0.1) is 0 Å². The van der Waals surface area contributed by atoms with Gasteiger partial charge in [-0.3, -0.25) is 9.59 Å². The first-order valence-corrected chi connectivity index (χ1v) is 9.10.